The van der Waals surface area contributed by atoms with Gasteiger partial charge >= 0.3 is 0 Å². The van der Waals surface area contributed by atoms with Gasteiger partial charge < -0.3 is 0 Å². The quantitative estimate of drug-likeness (QED) is 0.202. The summed E-state index contributed by atoms with van der Waals surface area (Å²) in [5.41, 5.74) is -0.326. The first-order chi connectivity index (χ1) is 16.9. The van der Waals surface area contributed by atoms with E-state index in [4.69, 9.17) is 0 Å². The molecule has 0 saturated heterocycles. The highest BCUT2D eigenvalue weighted by Gasteiger charge is 2.18. The molecule has 0 unspecified atom stereocenters. The molecule has 0 bridgehead atoms. The van der Waals surface area contributed by atoms with Crippen molar-refractivity contribution in [2.75, 3.05) is 0 Å². The van der Waals surface area contributed by atoms with E-state index in [1.165, 1.54) is 41.1 Å². The molecule has 2 heterocycles. The number of nitrogens with one attached hydrogen (secondary N) is 3. The summed E-state index contributed by atoms with van der Waals surface area (Å²) in [5, 5.41) is 26.9. The number of aromatic nitrogens is 4. The zero-order valence-corrected chi connectivity index (χ0v) is 17.8. The Balaban J connectivity index is 1.69. The molecule has 5 rings (SSSR count). The van der Waals surface area contributed by atoms with Crippen LogP contribution in [0.4, 0.5) is 17.1 Å². The first-order valence-corrected chi connectivity index (χ1v) is 10.2. The van der Waals surface area contributed by atoms with Crippen LogP contribution in [0.25, 0.3) is 27.7 Å². The summed E-state index contributed by atoms with van der Waals surface area (Å²) in [7, 11) is 0. The van der Waals surface area contributed by atoms with Crippen LogP contribution < -0.4 is 16.7 Å². The Morgan fingerprint density at radius 3 is 2.23 bits per heavy atom. The molecule has 0 aliphatic carbocycles. The maximum atomic E-state index is 13.3. The lowest BCUT2D eigenvalue weighted by atomic mass is 10.1. The number of non-ortho nitro benzene ring substituents is 1. The molecule has 0 amide bonds. The highest BCUT2D eigenvalue weighted by molar-refractivity contribution is 5.90. The Kier molecular flexibility index (Phi) is 5.22. The van der Waals surface area contributed by atoms with E-state index in [2.05, 4.69) is 25.5 Å². The van der Waals surface area contributed by atoms with Crippen molar-refractivity contribution in [2.45, 2.75) is 0 Å². The summed E-state index contributed by atoms with van der Waals surface area (Å²) >= 11 is 0. The van der Waals surface area contributed by atoms with Crippen LogP contribution in [0.3, 0.4) is 0 Å². The standard InChI is InChI=1S/C23H15N7O5/c31-21-16-7-4-8-17(18(16)22(32)27-26-21)24-25-20-19(13-5-2-1-3-6-13)28-29(23(20)33)14-9-11-15(12-10-14)30(34)35/h1-12,28H,(H,26,31)(H,27,32). The van der Waals surface area contributed by atoms with Crippen LogP contribution in [0.2, 0.25) is 0 Å². The number of nitrogens with zero attached hydrogens (tertiary/aromatic N) is 4. The summed E-state index contributed by atoms with van der Waals surface area (Å²) in [4.78, 5) is 48.2. The van der Waals surface area contributed by atoms with Gasteiger partial charge in [0, 0.05) is 17.7 Å². The Labute approximate surface area is 194 Å². The highest BCUT2D eigenvalue weighted by Crippen LogP contribution is 2.29. The van der Waals surface area contributed by atoms with E-state index in [0.29, 0.717) is 16.9 Å². The number of H-pyrrole nitrogens is 3. The van der Waals surface area contributed by atoms with Crippen molar-refractivity contribution in [3.8, 4) is 16.9 Å². The van der Waals surface area contributed by atoms with Crippen LogP contribution in [0.1, 0.15) is 0 Å². The maximum Gasteiger partial charge on any atom is 0.299 e. The Morgan fingerprint density at radius 2 is 1.51 bits per heavy atom. The van der Waals surface area contributed by atoms with E-state index in [0.717, 1.165) is 0 Å². The predicted octanol–water partition coefficient (Wildman–Crippen LogP) is 3.69. The maximum absolute atomic E-state index is 13.3. The number of nitro benzene ring substituents is 1. The van der Waals surface area contributed by atoms with E-state index in [9.17, 15) is 24.5 Å². The molecule has 12 heteroatoms. The van der Waals surface area contributed by atoms with Gasteiger partial charge in [0.25, 0.3) is 22.4 Å². The predicted molar refractivity (Wildman–Crippen MR) is 128 cm³/mol. The van der Waals surface area contributed by atoms with E-state index in [-0.39, 0.29) is 27.8 Å². The van der Waals surface area contributed by atoms with Gasteiger partial charge in [-0.3, -0.25) is 39.8 Å². The average molecular weight is 469 g/mol. The molecule has 5 aromatic rings. The van der Waals surface area contributed by atoms with Gasteiger partial charge in [0.05, 0.1) is 32.8 Å². The van der Waals surface area contributed by atoms with E-state index in [1.807, 2.05) is 6.07 Å². The van der Waals surface area contributed by atoms with Crippen LogP contribution in [0.5, 0.6) is 0 Å². The fourth-order valence-electron chi connectivity index (χ4n) is 3.63. The van der Waals surface area contributed by atoms with Gasteiger partial charge in [0.2, 0.25) is 0 Å². The first-order valence-electron chi connectivity index (χ1n) is 10.2. The van der Waals surface area contributed by atoms with Gasteiger partial charge in [-0.15, -0.1) is 10.2 Å². The molecule has 0 saturated carbocycles. The largest absolute Gasteiger partial charge is 0.299 e. The lowest BCUT2D eigenvalue weighted by Gasteiger charge is -2.02. The topological polar surface area (TPSA) is 171 Å². The van der Waals surface area contributed by atoms with E-state index >= 15 is 0 Å². The molecule has 0 spiro atoms. The summed E-state index contributed by atoms with van der Waals surface area (Å²) in [5.74, 6) is 0. The second-order valence-electron chi connectivity index (χ2n) is 7.42. The molecule has 3 aromatic carbocycles. The molecular weight excluding hydrogens is 454 g/mol. The number of hydrogen-bond acceptors (Lipinski definition) is 7. The number of hydrogen-bond donors (Lipinski definition) is 3. The summed E-state index contributed by atoms with van der Waals surface area (Å²) in [6, 6.07) is 18.9. The molecule has 0 atom stereocenters. The molecule has 0 aliphatic rings. The van der Waals surface area contributed by atoms with Crippen LogP contribution >= 0.6 is 0 Å². The lowest BCUT2D eigenvalue weighted by Crippen LogP contribution is -2.18. The minimum absolute atomic E-state index is 0.0347. The van der Waals surface area contributed by atoms with Gasteiger partial charge in [-0.05, 0) is 24.3 Å². The third-order valence-electron chi connectivity index (χ3n) is 5.31. The minimum Gasteiger partial charge on any atom is -0.288 e. The number of benzene rings is 3. The molecule has 3 N–H and O–H groups in total. The minimum atomic E-state index is -0.562. The highest BCUT2D eigenvalue weighted by atomic mass is 16.6. The fraction of sp³-hybridized carbons (Fsp3) is 0. The molecule has 2 aromatic heterocycles. The van der Waals surface area contributed by atoms with Crippen molar-refractivity contribution in [3.05, 3.63) is 114 Å². The zero-order valence-electron chi connectivity index (χ0n) is 17.8. The Morgan fingerprint density at radius 1 is 0.800 bits per heavy atom. The third-order valence-corrected chi connectivity index (χ3v) is 5.31. The van der Waals surface area contributed by atoms with Crippen molar-refractivity contribution in [3.63, 3.8) is 0 Å². The third kappa shape index (κ3) is 3.84. The van der Waals surface area contributed by atoms with Gasteiger partial charge in [0.1, 0.15) is 0 Å². The van der Waals surface area contributed by atoms with Gasteiger partial charge in [-0.25, -0.2) is 4.68 Å². The van der Waals surface area contributed by atoms with Crippen molar-refractivity contribution < 1.29 is 4.92 Å². The fourth-order valence-corrected chi connectivity index (χ4v) is 3.63. The summed E-state index contributed by atoms with van der Waals surface area (Å²) < 4.78 is 1.20. The van der Waals surface area contributed by atoms with Crippen LogP contribution in [0, 0.1) is 10.1 Å². The number of fused-ring (bicyclic) bond motifs is 1. The second kappa shape index (κ2) is 8.51. The SMILES string of the molecule is O=c1[nH][nH]c(=O)c2c(N=Nc3c(-c4ccccc4)[nH]n(-c4ccc([N+](=O)[O-])cc4)c3=O)cccc12. The van der Waals surface area contributed by atoms with E-state index < -0.39 is 21.6 Å². The van der Waals surface area contributed by atoms with Crippen LogP contribution in [-0.4, -0.2) is 24.9 Å². The van der Waals surface area contributed by atoms with Gasteiger partial charge in [-0.1, -0.05) is 36.4 Å². The molecule has 0 fully saturated rings. The Bertz CT molecular complexity index is 1780. The normalized spacial score (nSPS) is 11.3. The zero-order chi connectivity index (χ0) is 24.5. The monoisotopic (exact) mass is 469 g/mol. The van der Waals surface area contributed by atoms with Crippen molar-refractivity contribution in [1.82, 2.24) is 20.0 Å². The second-order valence-corrected chi connectivity index (χ2v) is 7.42. The van der Waals surface area contributed by atoms with Crippen molar-refractivity contribution in [2.24, 2.45) is 10.2 Å². The summed E-state index contributed by atoms with van der Waals surface area (Å²) in [6.45, 7) is 0. The average Bonchev–Trinajstić information content (AvgIpc) is 3.21. The van der Waals surface area contributed by atoms with Crippen molar-refractivity contribution >= 4 is 27.8 Å². The number of azo groups is 1. The molecular formula is C23H15N7O5. The number of rotatable bonds is 5. The van der Waals surface area contributed by atoms with Gasteiger partial charge in [0.15, 0.2) is 5.69 Å². The van der Waals surface area contributed by atoms with Gasteiger partial charge in [-0.2, -0.15) is 0 Å². The Hall–Kier alpha value is -5.39. The van der Waals surface area contributed by atoms with Crippen LogP contribution in [-0.2, 0) is 0 Å². The molecule has 12 nitrogen and oxygen atoms in total. The number of nitro groups is 1. The number of aromatic amines is 3. The molecule has 0 aliphatic heterocycles. The smallest absolute Gasteiger partial charge is 0.288 e. The lowest BCUT2D eigenvalue weighted by molar-refractivity contribution is -0.384. The molecule has 0 radical (unpaired) electrons. The van der Waals surface area contributed by atoms with Crippen LogP contribution in [0.15, 0.2) is 97.4 Å². The van der Waals surface area contributed by atoms with Crippen molar-refractivity contribution in [1.29, 1.82) is 0 Å². The summed E-state index contributed by atoms with van der Waals surface area (Å²) in [6.07, 6.45) is 0. The van der Waals surface area contributed by atoms with E-state index in [1.54, 1.807) is 30.3 Å². The first kappa shape index (κ1) is 21.5. The molecule has 35 heavy (non-hydrogen) atoms. The molecule has 172 valence electrons.